The molecule has 0 fully saturated rings. The van der Waals surface area contributed by atoms with Crippen LogP contribution in [-0.2, 0) is 22.3 Å². The Hall–Kier alpha value is -3.28. The van der Waals surface area contributed by atoms with Gasteiger partial charge in [-0.15, -0.1) is 0 Å². The molecule has 3 N–H and O–H groups in total. The van der Waals surface area contributed by atoms with Gasteiger partial charge in [0.1, 0.15) is 17.4 Å². The first-order chi connectivity index (χ1) is 18.1. The van der Waals surface area contributed by atoms with Gasteiger partial charge < -0.3 is 15.4 Å². The molecule has 13 heteroatoms. The summed E-state index contributed by atoms with van der Waals surface area (Å²) in [6.07, 6.45) is -9.79. The van der Waals surface area contributed by atoms with Crippen LogP contribution in [0.2, 0.25) is 5.02 Å². The summed E-state index contributed by atoms with van der Waals surface area (Å²) in [7, 11) is 0. The second-order valence-electron chi connectivity index (χ2n) is 8.94. The molecule has 39 heavy (non-hydrogen) atoms. The van der Waals surface area contributed by atoms with E-state index in [2.05, 4.69) is 10.6 Å². The average Bonchev–Trinajstić information content (AvgIpc) is 2.85. The molecule has 0 radical (unpaired) electrons. The van der Waals surface area contributed by atoms with E-state index < -0.39 is 53.4 Å². The zero-order chi connectivity index (χ0) is 29.4. The largest absolute Gasteiger partial charge is 0.478 e. The second kappa shape index (κ2) is 13.2. The van der Waals surface area contributed by atoms with Crippen LogP contribution in [0, 0.1) is 11.3 Å². The second-order valence-corrected chi connectivity index (χ2v) is 9.38. The van der Waals surface area contributed by atoms with Gasteiger partial charge in [0.05, 0.1) is 5.56 Å². The van der Waals surface area contributed by atoms with E-state index in [0.717, 1.165) is 24.3 Å². The van der Waals surface area contributed by atoms with Gasteiger partial charge in [0.25, 0.3) is 11.8 Å². The van der Waals surface area contributed by atoms with Crippen molar-refractivity contribution in [3.63, 3.8) is 0 Å². The smallest absolute Gasteiger partial charge is 0.416 e. The Morgan fingerprint density at radius 2 is 1.56 bits per heavy atom. The van der Waals surface area contributed by atoms with Crippen LogP contribution < -0.4 is 15.4 Å². The van der Waals surface area contributed by atoms with Crippen LogP contribution in [0.1, 0.15) is 44.2 Å². The Labute approximate surface area is 226 Å². The number of nitrogens with one attached hydrogen (secondary N) is 3. The van der Waals surface area contributed by atoms with Crippen LogP contribution in [0.15, 0.2) is 48.5 Å². The minimum Gasteiger partial charge on any atom is -0.478 e. The van der Waals surface area contributed by atoms with E-state index in [1.54, 1.807) is 24.3 Å². The zero-order valence-corrected chi connectivity index (χ0v) is 21.9. The summed E-state index contributed by atoms with van der Waals surface area (Å²) in [6, 6.07) is 10.4. The highest BCUT2D eigenvalue weighted by Gasteiger charge is 2.43. The van der Waals surface area contributed by atoms with Crippen molar-refractivity contribution in [3.05, 3.63) is 64.7 Å². The van der Waals surface area contributed by atoms with Gasteiger partial charge in [-0.1, -0.05) is 30.7 Å². The Kier molecular flexibility index (Phi) is 10.8. The molecule has 6 nitrogen and oxygen atoms in total. The first kappa shape index (κ1) is 31.9. The first-order valence-electron chi connectivity index (χ1n) is 11.9. The molecule has 0 saturated heterocycles. The van der Waals surface area contributed by atoms with E-state index in [9.17, 15) is 35.9 Å². The molecule has 0 bridgehead atoms. The van der Waals surface area contributed by atoms with Crippen LogP contribution in [0.3, 0.4) is 0 Å². The van der Waals surface area contributed by atoms with E-state index >= 15 is 0 Å². The lowest BCUT2D eigenvalue weighted by molar-refractivity contribution is -0.157. The van der Waals surface area contributed by atoms with E-state index in [1.165, 1.54) is 13.8 Å². The lowest BCUT2D eigenvalue weighted by Gasteiger charge is -2.30. The van der Waals surface area contributed by atoms with E-state index in [4.69, 9.17) is 21.7 Å². The van der Waals surface area contributed by atoms with Gasteiger partial charge in [0.2, 0.25) is 0 Å². The Balaban J connectivity index is 2.10. The van der Waals surface area contributed by atoms with E-state index in [0.29, 0.717) is 10.6 Å². The molecule has 2 rings (SSSR count). The molecule has 2 atom stereocenters. The third-order valence-corrected chi connectivity index (χ3v) is 6.14. The minimum atomic E-state index is -4.74. The number of amides is 2. The van der Waals surface area contributed by atoms with Gasteiger partial charge in [-0.05, 0) is 68.1 Å². The van der Waals surface area contributed by atoms with Crippen molar-refractivity contribution in [2.24, 2.45) is 5.92 Å². The topological polar surface area (TPSA) is 91.3 Å². The number of ether oxygens (including phenoxy) is 1. The zero-order valence-electron chi connectivity index (χ0n) is 21.1. The molecular formula is C26H28ClF6N3O3. The summed E-state index contributed by atoms with van der Waals surface area (Å²) in [6.45, 7) is 2.53. The number of rotatable bonds is 12. The highest BCUT2D eigenvalue weighted by atomic mass is 35.5. The van der Waals surface area contributed by atoms with Crippen molar-refractivity contribution >= 4 is 29.1 Å². The number of carbonyl (C=O) groups excluding carboxylic acids is 2. The van der Waals surface area contributed by atoms with Gasteiger partial charge in [-0.3, -0.25) is 15.0 Å². The van der Waals surface area contributed by atoms with Crippen molar-refractivity contribution in [1.82, 2.24) is 10.6 Å². The molecule has 0 aliphatic heterocycles. The fourth-order valence-corrected chi connectivity index (χ4v) is 3.76. The van der Waals surface area contributed by atoms with Crippen molar-refractivity contribution in [1.29, 1.82) is 5.41 Å². The predicted molar refractivity (Wildman–Crippen MR) is 134 cm³/mol. The third-order valence-electron chi connectivity index (χ3n) is 5.88. The fraction of sp³-hybridized carbons (Fsp3) is 0.423. The Bertz CT molecular complexity index is 1140. The standard InChI is InChI=1S/C26H28ClF6N3O3/c1-3-20(26(31,32)33)21(34)22(37)35-14-4-13-24(2,23(38)36-15-16-5-9-18(27)10-6-16)39-19-11-7-17(8-12-19)25(28,29)30/h5-12,20,34H,3-4,13-15H2,1-2H3,(H,35,37)(H,36,38). The highest BCUT2D eigenvalue weighted by Crippen LogP contribution is 2.32. The molecule has 2 unspecified atom stereocenters. The van der Waals surface area contributed by atoms with E-state index in [1.807, 2.05) is 0 Å². The van der Waals surface area contributed by atoms with Crippen molar-refractivity contribution in [2.45, 2.75) is 57.6 Å². The maximum absolute atomic E-state index is 13.1. The molecule has 0 aliphatic carbocycles. The molecule has 0 aromatic heterocycles. The van der Waals surface area contributed by atoms with Gasteiger partial charge >= 0.3 is 12.4 Å². The van der Waals surface area contributed by atoms with Crippen molar-refractivity contribution in [3.8, 4) is 5.75 Å². The van der Waals surface area contributed by atoms with Crippen molar-refractivity contribution < 1.29 is 40.7 Å². The number of halogens is 7. The molecule has 214 valence electrons. The van der Waals surface area contributed by atoms with Crippen LogP contribution >= 0.6 is 11.6 Å². The van der Waals surface area contributed by atoms with E-state index in [-0.39, 0.29) is 31.7 Å². The number of benzene rings is 2. The third kappa shape index (κ3) is 9.45. The monoisotopic (exact) mass is 579 g/mol. The lowest BCUT2D eigenvalue weighted by atomic mass is 9.97. The SMILES string of the molecule is CCC(C(=N)C(=O)NCCCC(C)(Oc1ccc(C(F)(F)F)cc1)C(=O)NCc1ccc(Cl)cc1)C(F)(F)F. The Morgan fingerprint density at radius 1 is 0.974 bits per heavy atom. The molecular weight excluding hydrogens is 552 g/mol. The van der Waals surface area contributed by atoms with Gasteiger partial charge in [-0.25, -0.2) is 0 Å². The number of hydrogen-bond acceptors (Lipinski definition) is 4. The lowest BCUT2D eigenvalue weighted by Crippen LogP contribution is -2.49. The average molecular weight is 580 g/mol. The summed E-state index contributed by atoms with van der Waals surface area (Å²) < 4.78 is 83.6. The maximum atomic E-state index is 13.1. The van der Waals surface area contributed by atoms with Crippen LogP contribution in [0.4, 0.5) is 26.3 Å². The normalized spacial score (nSPS) is 14.2. The number of carbonyl (C=O) groups is 2. The highest BCUT2D eigenvalue weighted by molar-refractivity contribution is 6.38. The molecule has 0 aliphatic rings. The van der Waals surface area contributed by atoms with Gasteiger partial charge in [0, 0.05) is 18.1 Å². The van der Waals surface area contributed by atoms with Gasteiger partial charge in [0.15, 0.2) is 5.60 Å². The predicted octanol–water partition coefficient (Wildman–Crippen LogP) is 6.32. The quantitative estimate of drug-likeness (QED) is 0.156. The Morgan fingerprint density at radius 3 is 2.08 bits per heavy atom. The summed E-state index contributed by atoms with van der Waals surface area (Å²) in [4.78, 5) is 25.2. The molecule has 2 aromatic rings. The summed E-state index contributed by atoms with van der Waals surface area (Å²) >= 11 is 5.86. The first-order valence-corrected chi connectivity index (χ1v) is 12.3. The van der Waals surface area contributed by atoms with Crippen LogP contribution in [-0.4, -0.2) is 35.8 Å². The van der Waals surface area contributed by atoms with Crippen LogP contribution in [0.5, 0.6) is 5.75 Å². The molecule has 0 spiro atoms. The summed E-state index contributed by atoms with van der Waals surface area (Å²) in [5.74, 6) is -4.02. The molecule has 0 saturated carbocycles. The molecule has 2 aromatic carbocycles. The van der Waals surface area contributed by atoms with Gasteiger partial charge in [-0.2, -0.15) is 26.3 Å². The van der Waals surface area contributed by atoms with Crippen molar-refractivity contribution in [2.75, 3.05) is 6.54 Å². The molecule has 0 heterocycles. The van der Waals surface area contributed by atoms with Crippen LogP contribution in [0.25, 0.3) is 0 Å². The minimum absolute atomic E-state index is 0.0195. The fourth-order valence-electron chi connectivity index (χ4n) is 3.63. The number of alkyl halides is 6. The number of hydrogen-bond donors (Lipinski definition) is 3. The maximum Gasteiger partial charge on any atom is 0.416 e. The molecule has 2 amide bonds. The summed E-state index contributed by atoms with van der Waals surface area (Å²) in [5, 5.41) is 13.0. The summed E-state index contributed by atoms with van der Waals surface area (Å²) in [5.41, 5.74) is -2.93.